The summed E-state index contributed by atoms with van der Waals surface area (Å²) in [5.41, 5.74) is 3.33. The van der Waals surface area contributed by atoms with Gasteiger partial charge in [0.15, 0.2) is 0 Å². The average Bonchev–Trinajstić information content (AvgIpc) is 2.91. The maximum absolute atomic E-state index is 6.20. The zero-order valence-electron chi connectivity index (χ0n) is 14.4. The van der Waals surface area contributed by atoms with Crippen LogP contribution in [0.4, 0.5) is 5.82 Å². The highest BCUT2D eigenvalue weighted by Gasteiger charge is 2.20. The molecule has 0 aliphatic rings. The molecule has 0 saturated carbocycles. The Morgan fingerprint density at radius 3 is 2.56 bits per heavy atom. The van der Waals surface area contributed by atoms with Crippen LogP contribution in [0, 0.1) is 0 Å². The van der Waals surface area contributed by atoms with E-state index in [-0.39, 0.29) is 5.54 Å². The molecule has 0 spiro atoms. The van der Waals surface area contributed by atoms with Gasteiger partial charge in [0.2, 0.25) is 0 Å². The molecule has 0 atom stereocenters. The van der Waals surface area contributed by atoms with Gasteiger partial charge >= 0.3 is 0 Å². The molecular formula is C20H19ClN4. The quantitative estimate of drug-likeness (QED) is 0.525. The van der Waals surface area contributed by atoms with Crippen molar-refractivity contribution in [2.24, 2.45) is 0 Å². The largest absolute Gasteiger partial charge is 0.365 e. The third-order valence-electron chi connectivity index (χ3n) is 3.92. The highest BCUT2D eigenvalue weighted by molar-refractivity contribution is 6.30. The number of halogens is 1. The maximum atomic E-state index is 6.20. The number of hydrogen-bond acceptors (Lipinski definition) is 3. The summed E-state index contributed by atoms with van der Waals surface area (Å²) in [6.07, 6.45) is 1.88. The van der Waals surface area contributed by atoms with Crippen LogP contribution >= 0.6 is 11.6 Å². The number of nitrogens with zero attached hydrogens (tertiary/aromatic N) is 3. The SMILES string of the molecule is CC(C)(C)Nc1c(-c2ccc3ccccc3n2)nc2ccc(Cl)cn12. The number of hydrogen-bond donors (Lipinski definition) is 1. The molecule has 0 aliphatic heterocycles. The van der Waals surface area contributed by atoms with Crippen LogP contribution in [0.3, 0.4) is 0 Å². The number of para-hydroxylation sites is 1. The van der Waals surface area contributed by atoms with Crippen LogP contribution in [0.1, 0.15) is 20.8 Å². The Morgan fingerprint density at radius 1 is 0.960 bits per heavy atom. The van der Waals surface area contributed by atoms with E-state index in [1.54, 1.807) is 0 Å². The molecule has 4 rings (SSSR count). The fraction of sp³-hybridized carbons (Fsp3) is 0.200. The van der Waals surface area contributed by atoms with Crippen LogP contribution in [0.5, 0.6) is 0 Å². The van der Waals surface area contributed by atoms with Crippen molar-refractivity contribution in [1.29, 1.82) is 0 Å². The Hall–Kier alpha value is -2.59. The van der Waals surface area contributed by atoms with Gasteiger partial charge in [0.05, 0.1) is 16.2 Å². The number of rotatable bonds is 2. The van der Waals surface area contributed by atoms with Gasteiger partial charge in [-0.15, -0.1) is 0 Å². The van der Waals surface area contributed by atoms with Gasteiger partial charge in [-0.3, -0.25) is 4.40 Å². The lowest BCUT2D eigenvalue weighted by atomic mass is 10.1. The smallest absolute Gasteiger partial charge is 0.140 e. The molecule has 0 fully saturated rings. The molecule has 4 nitrogen and oxygen atoms in total. The first-order chi connectivity index (χ1) is 11.9. The minimum atomic E-state index is -0.121. The molecule has 0 saturated heterocycles. The molecule has 4 aromatic rings. The molecule has 0 aliphatic carbocycles. The van der Waals surface area contributed by atoms with Gasteiger partial charge in [0.1, 0.15) is 17.2 Å². The number of pyridine rings is 2. The highest BCUT2D eigenvalue weighted by Crippen LogP contribution is 2.31. The van der Waals surface area contributed by atoms with E-state index in [9.17, 15) is 0 Å². The van der Waals surface area contributed by atoms with Gasteiger partial charge in [-0.05, 0) is 45.0 Å². The third kappa shape index (κ3) is 3.05. The summed E-state index contributed by atoms with van der Waals surface area (Å²) < 4.78 is 1.99. The Balaban J connectivity index is 1.96. The number of benzene rings is 1. The van der Waals surface area contributed by atoms with Gasteiger partial charge in [0.25, 0.3) is 0 Å². The normalized spacial score (nSPS) is 12.0. The Bertz CT molecular complexity index is 1080. The fourth-order valence-electron chi connectivity index (χ4n) is 2.87. The van der Waals surface area contributed by atoms with E-state index in [4.69, 9.17) is 21.6 Å². The molecule has 3 heterocycles. The monoisotopic (exact) mass is 350 g/mol. The summed E-state index contributed by atoms with van der Waals surface area (Å²) in [7, 11) is 0. The molecule has 0 amide bonds. The molecule has 126 valence electrons. The van der Waals surface area contributed by atoms with Gasteiger partial charge in [0, 0.05) is 17.1 Å². The van der Waals surface area contributed by atoms with Gasteiger partial charge < -0.3 is 5.32 Å². The van der Waals surface area contributed by atoms with Crippen LogP contribution < -0.4 is 5.32 Å². The second-order valence-electron chi connectivity index (χ2n) is 7.15. The lowest BCUT2D eigenvalue weighted by molar-refractivity contribution is 0.629. The zero-order chi connectivity index (χ0) is 17.6. The molecule has 0 radical (unpaired) electrons. The molecule has 1 N–H and O–H groups in total. The summed E-state index contributed by atoms with van der Waals surface area (Å²) in [5.74, 6) is 0.896. The second-order valence-corrected chi connectivity index (χ2v) is 7.59. The topological polar surface area (TPSA) is 42.2 Å². The number of nitrogens with one attached hydrogen (secondary N) is 1. The zero-order valence-corrected chi connectivity index (χ0v) is 15.2. The number of imidazole rings is 1. The first-order valence-corrected chi connectivity index (χ1v) is 8.60. The van der Waals surface area contributed by atoms with E-state index < -0.39 is 0 Å². The lowest BCUT2D eigenvalue weighted by Crippen LogP contribution is -2.27. The van der Waals surface area contributed by atoms with Crippen LogP contribution in [-0.4, -0.2) is 19.9 Å². The van der Waals surface area contributed by atoms with Crippen molar-refractivity contribution in [2.75, 3.05) is 5.32 Å². The minimum absolute atomic E-state index is 0.121. The van der Waals surface area contributed by atoms with E-state index in [0.29, 0.717) is 5.02 Å². The predicted octanol–water partition coefficient (Wildman–Crippen LogP) is 5.41. The molecule has 0 bridgehead atoms. The first-order valence-electron chi connectivity index (χ1n) is 8.23. The maximum Gasteiger partial charge on any atom is 0.140 e. The summed E-state index contributed by atoms with van der Waals surface area (Å²) >= 11 is 6.20. The lowest BCUT2D eigenvalue weighted by Gasteiger charge is -2.22. The van der Waals surface area contributed by atoms with Crippen molar-refractivity contribution < 1.29 is 0 Å². The van der Waals surface area contributed by atoms with Crippen molar-refractivity contribution in [3.63, 3.8) is 0 Å². The predicted molar refractivity (Wildman–Crippen MR) is 104 cm³/mol. The van der Waals surface area contributed by atoms with Crippen molar-refractivity contribution in [2.45, 2.75) is 26.3 Å². The first kappa shape index (κ1) is 15.9. The van der Waals surface area contributed by atoms with Gasteiger partial charge in [-0.2, -0.15) is 0 Å². The summed E-state index contributed by atoms with van der Waals surface area (Å²) in [4.78, 5) is 9.60. The van der Waals surface area contributed by atoms with E-state index >= 15 is 0 Å². The second kappa shape index (κ2) is 5.74. The van der Waals surface area contributed by atoms with Crippen molar-refractivity contribution in [1.82, 2.24) is 14.4 Å². The van der Waals surface area contributed by atoms with Crippen LogP contribution in [0.15, 0.2) is 54.7 Å². The third-order valence-corrected chi connectivity index (χ3v) is 4.14. The standard InChI is InChI=1S/C20H19ClN4/c1-20(2,3)24-19-18(23-17-11-9-14(21)12-25(17)19)16-10-8-13-6-4-5-7-15(13)22-16/h4-12,24H,1-3H3. The van der Waals surface area contributed by atoms with Gasteiger partial charge in [-0.1, -0.05) is 35.9 Å². The molecule has 5 heteroatoms. The van der Waals surface area contributed by atoms with Crippen molar-refractivity contribution >= 4 is 34.0 Å². The summed E-state index contributed by atoms with van der Waals surface area (Å²) in [5, 5.41) is 5.33. The highest BCUT2D eigenvalue weighted by atomic mass is 35.5. The van der Waals surface area contributed by atoms with Crippen molar-refractivity contribution in [3.05, 3.63) is 59.8 Å². The number of anilines is 1. The van der Waals surface area contributed by atoms with Crippen LogP contribution in [-0.2, 0) is 0 Å². The van der Waals surface area contributed by atoms with E-state index in [1.165, 1.54) is 0 Å². The average molecular weight is 351 g/mol. The van der Waals surface area contributed by atoms with E-state index in [2.05, 4.69) is 38.2 Å². The molecular weight excluding hydrogens is 332 g/mol. The number of aromatic nitrogens is 3. The van der Waals surface area contributed by atoms with Crippen LogP contribution in [0.25, 0.3) is 27.9 Å². The molecule has 0 unspecified atom stereocenters. The van der Waals surface area contributed by atoms with Gasteiger partial charge in [-0.25, -0.2) is 9.97 Å². The van der Waals surface area contributed by atoms with E-state index in [1.807, 2.05) is 47.0 Å². The minimum Gasteiger partial charge on any atom is -0.365 e. The summed E-state index contributed by atoms with van der Waals surface area (Å²) in [6.45, 7) is 6.36. The Labute approximate surface area is 151 Å². The Kier molecular flexibility index (Phi) is 3.65. The molecule has 25 heavy (non-hydrogen) atoms. The Morgan fingerprint density at radius 2 is 1.76 bits per heavy atom. The number of fused-ring (bicyclic) bond motifs is 2. The van der Waals surface area contributed by atoms with Crippen LogP contribution in [0.2, 0.25) is 5.02 Å². The fourth-order valence-corrected chi connectivity index (χ4v) is 3.03. The van der Waals surface area contributed by atoms with E-state index in [0.717, 1.165) is 33.8 Å². The molecule has 1 aromatic carbocycles. The van der Waals surface area contributed by atoms with Crippen molar-refractivity contribution in [3.8, 4) is 11.4 Å². The summed E-state index contributed by atoms with van der Waals surface area (Å²) in [6, 6.07) is 15.9. The molecule has 3 aromatic heterocycles.